The van der Waals surface area contributed by atoms with Gasteiger partial charge in [0.2, 0.25) is 11.8 Å². The van der Waals surface area contributed by atoms with E-state index in [1.807, 2.05) is 30.3 Å². The molecule has 0 radical (unpaired) electrons. The fraction of sp³-hybridized carbons (Fsp3) is 0.462. The molecule has 360 valence electrons. The van der Waals surface area contributed by atoms with E-state index < -0.39 is 60.3 Å². The van der Waals surface area contributed by atoms with Crippen LogP contribution in [-0.2, 0) is 25.6 Å². The van der Waals surface area contributed by atoms with Gasteiger partial charge in [0.1, 0.15) is 36.5 Å². The first-order chi connectivity index (χ1) is 32.8. The molecule has 68 heavy (non-hydrogen) atoms. The fourth-order valence-electron chi connectivity index (χ4n) is 8.99. The molecular weight excluding hydrogens is 867 g/mol. The molecule has 1 fully saturated rings. The second-order valence-corrected chi connectivity index (χ2v) is 17.7. The number of aromatic nitrogens is 2. The Morgan fingerprint density at radius 2 is 1.53 bits per heavy atom. The Balaban J connectivity index is 1.33. The number of nitrogens with two attached hydrogens (primary N) is 2. The summed E-state index contributed by atoms with van der Waals surface area (Å²) in [6.45, 7) is 4.95. The number of benzene rings is 3. The molecule has 16 nitrogen and oxygen atoms in total. The average molecular weight is 930 g/mol. The number of nitrogens with one attached hydrogen (secondary N) is 1. The van der Waals surface area contributed by atoms with Crippen LogP contribution in [0.25, 0.3) is 22.5 Å². The van der Waals surface area contributed by atoms with Crippen LogP contribution in [0.1, 0.15) is 104 Å². The molecule has 1 aliphatic carbocycles. The van der Waals surface area contributed by atoms with Gasteiger partial charge in [0, 0.05) is 68.4 Å². The highest BCUT2D eigenvalue weighted by Crippen LogP contribution is 2.41. The van der Waals surface area contributed by atoms with Crippen molar-refractivity contribution in [1.29, 1.82) is 5.26 Å². The Morgan fingerprint density at radius 1 is 0.897 bits per heavy atom. The summed E-state index contributed by atoms with van der Waals surface area (Å²) in [6.07, 6.45) is 5.03. The lowest BCUT2D eigenvalue weighted by Gasteiger charge is -2.32. The standard InChI is InChI=1S/C52H63N7O9/c1-31-25-45(63)49(36-15-19-47(67-24-22-55)41(28-36)40-26-34(12-18-46(40)66-23-21-54)27-42(58-51(31)64)43(61)11-8-20-53)59(4)52(65)37(30-60)29-44(62)48-32(2)56-50(57-33(48)3)35-13-16-39(17-14-35)68-38-9-6-5-7-10-38/h12-19,26,28,31,37-38,42,49,60H,5-11,21-25,27,29-30,54-55H2,1-4H3,(H,58,64)/t31-,37-,42+,49+/m1/s1. The number of amides is 2. The maximum Gasteiger partial charge on any atom is 0.229 e. The van der Waals surface area contributed by atoms with E-state index in [1.54, 1.807) is 57.2 Å². The van der Waals surface area contributed by atoms with Crippen LogP contribution in [0.4, 0.5) is 0 Å². The third-order valence-corrected chi connectivity index (χ3v) is 12.5. The number of likely N-dealkylation sites (N-methyl/N-ethyl adjacent to an activating group) is 1. The molecule has 2 heterocycles. The molecule has 2 amide bonds. The number of rotatable bonds is 18. The van der Waals surface area contributed by atoms with Crippen molar-refractivity contribution >= 4 is 29.2 Å². The van der Waals surface area contributed by atoms with Crippen LogP contribution >= 0.6 is 0 Å². The maximum absolute atomic E-state index is 14.7. The van der Waals surface area contributed by atoms with Crippen molar-refractivity contribution in [2.45, 2.75) is 103 Å². The highest BCUT2D eigenvalue weighted by molar-refractivity contribution is 6.01. The topological polar surface area (TPSA) is 250 Å². The molecule has 1 saturated carbocycles. The molecule has 1 aromatic heterocycles. The molecule has 4 bridgehead atoms. The minimum Gasteiger partial charge on any atom is -0.492 e. The van der Waals surface area contributed by atoms with Gasteiger partial charge in [0.15, 0.2) is 23.2 Å². The number of hydrogen-bond donors (Lipinski definition) is 4. The van der Waals surface area contributed by atoms with Crippen molar-refractivity contribution in [3.8, 4) is 45.8 Å². The number of carbonyl (C=O) groups is 5. The second-order valence-electron chi connectivity index (χ2n) is 17.7. The lowest BCUT2D eigenvalue weighted by molar-refractivity contribution is -0.143. The van der Waals surface area contributed by atoms with Crippen LogP contribution in [-0.4, -0.2) is 101 Å². The Hall–Kier alpha value is -6.54. The van der Waals surface area contributed by atoms with E-state index >= 15 is 0 Å². The quantitative estimate of drug-likeness (QED) is 0.0874. The summed E-state index contributed by atoms with van der Waals surface area (Å²) in [7, 11) is 1.42. The first-order valence-electron chi connectivity index (χ1n) is 23.4. The van der Waals surface area contributed by atoms with Crippen molar-refractivity contribution in [3.63, 3.8) is 0 Å². The van der Waals surface area contributed by atoms with E-state index in [4.69, 9.17) is 25.7 Å². The Kier molecular flexibility index (Phi) is 17.9. The van der Waals surface area contributed by atoms with Crippen molar-refractivity contribution < 1.29 is 43.3 Å². The van der Waals surface area contributed by atoms with Crippen LogP contribution in [0.3, 0.4) is 0 Å². The number of Topliss-reactive ketones (excluding diaryl/α,β-unsaturated/α-hetero) is 3. The lowest BCUT2D eigenvalue weighted by atomic mass is 9.88. The summed E-state index contributed by atoms with van der Waals surface area (Å²) in [4.78, 5) is 81.2. The number of nitrogens with zero attached hydrogens (tertiary/aromatic N) is 4. The van der Waals surface area contributed by atoms with Gasteiger partial charge in [-0.15, -0.1) is 0 Å². The second kappa shape index (κ2) is 24.0. The van der Waals surface area contributed by atoms with Crippen molar-refractivity contribution in [2.24, 2.45) is 23.3 Å². The van der Waals surface area contributed by atoms with Gasteiger partial charge in [-0.1, -0.05) is 25.5 Å². The van der Waals surface area contributed by atoms with Gasteiger partial charge in [0.25, 0.3) is 0 Å². The van der Waals surface area contributed by atoms with Gasteiger partial charge >= 0.3 is 0 Å². The molecule has 3 aromatic carbocycles. The lowest BCUT2D eigenvalue weighted by Crippen LogP contribution is -2.46. The number of ketones is 3. The van der Waals surface area contributed by atoms with Crippen LogP contribution in [0.2, 0.25) is 0 Å². The van der Waals surface area contributed by atoms with Gasteiger partial charge < -0.3 is 41.0 Å². The van der Waals surface area contributed by atoms with E-state index in [-0.39, 0.29) is 69.4 Å². The molecule has 4 aromatic rings. The third kappa shape index (κ3) is 12.5. The zero-order chi connectivity index (χ0) is 48.9. The fourth-order valence-corrected chi connectivity index (χ4v) is 8.99. The summed E-state index contributed by atoms with van der Waals surface area (Å²) in [5, 5.41) is 22.8. The van der Waals surface area contributed by atoms with E-state index in [1.165, 1.54) is 18.4 Å². The zero-order valence-corrected chi connectivity index (χ0v) is 39.4. The highest BCUT2D eigenvalue weighted by atomic mass is 16.5. The van der Waals surface area contributed by atoms with Crippen LogP contribution in [0.5, 0.6) is 17.2 Å². The Bertz CT molecular complexity index is 2480. The van der Waals surface area contributed by atoms with Crippen LogP contribution in [0.15, 0.2) is 60.7 Å². The van der Waals surface area contributed by atoms with Gasteiger partial charge in [-0.2, -0.15) is 5.26 Å². The van der Waals surface area contributed by atoms with Crippen molar-refractivity contribution in [2.75, 3.05) is 40.0 Å². The number of nitriles is 1. The smallest absolute Gasteiger partial charge is 0.229 e. The normalized spacial score (nSPS) is 18.1. The van der Waals surface area contributed by atoms with E-state index in [0.29, 0.717) is 51.0 Å². The maximum atomic E-state index is 14.7. The summed E-state index contributed by atoms with van der Waals surface area (Å²) in [6, 6.07) is 17.5. The first kappa shape index (κ1) is 50.9. The molecule has 0 saturated heterocycles. The molecule has 2 aliphatic rings. The number of aliphatic hydroxyl groups is 1. The van der Waals surface area contributed by atoms with E-state index in [0.717, 1.165) is 37.0 Å². The molecule has 6 rings (SSSR count). The predicted molar refractivity (Wildman–Crippen MR) is 255 cm³/mol. The van der Waals surface area contributed by atoms with Crippen molar-refractivity contribution in [3.05, 3.63) is 88.7 Å². The largest absolute Gasteiger partial charge is 0.492 e. The number of aliphatic hydroxyl groups excluding tert-OH is 1. The van der Waals surface area contributed by atoms with Gasteiger partial charge in [-0.3, -0.25) is 24.0 Å². The van der Waals surface area contributed by atoms with Crippen LogP contribution in [0, 0.1) is 37.0 Å². The van der Waals surface area contributed by atoms with E-state index in [9.17, 15) is 34.3 Å². The number of ether oxygens (including phenoxy) is 3. The third-order valence-electron chi connectivity index (χ3n) is 12.5. The summed E-state index contributed by atoms with van der Waals surface area (Å²) in [5.74, 6) is -2.80. The molecule has 0 unspecified atom stereocenters. The summed E-state index contributed by atoms with van der Waals surface area (Å²) < 4.78 is 18.4. The Morgan fingerprint density at radius 3 is 2.15 bits per heavy atom. The minimum atomic E-state index is -1.32. The molecular formula is C52H63N7O9. The molecule has 0 spiro atoms. The Labute approximate surface area is 397 Å². The highest BCUT2D eigenvalue weighted by Gasteiger charge is 2.37. The van der Waals surface area contributed by atoms with E-state index in [2.05, 4.69) is 15.3 Å². The zero-order valence-electron chi connectivity index (χ0n) is 39.4. The monoisotopic (exact) mass is 929 g/mol. The molecule has 1 aliphatic heterocycles. The molecule has 6 N–H and O–H groups in total. The van der Waals surface area contributed by atoms with Crippen molar-refractivity contribution in [1.82, 2.24) is 20.2 Å². The number of aryl methyl sites for hydroxylation is 2. The van der Waals surface area contributed by atoms with Gasteiger partial charge in [0.05, 0.1) is 47.7 Å². The first-order valence-corrected chi connectivity index (χ1v) is 23.4. The minimum absolute atomic E-state index is 0.0433. The SMILES string of the molecule is Cc1nc(-c2ccc(OC3CCCCC3)cc2)nc(C)c1C(=O)C[C@H](CO)C(=O)N(C)[C@@H]1C(=O)C[C@@H](C)C(=O)N[C@H](C(=O)CCC#N)Cc2ccc(OCCN)c(c2)-c2cc1ccc2OCCN. The summed E-state index contributed by atoms with van der Waals surface area (Å²) in [5.41, 5.74) is 15.5. The number of hydrogen-bond acceptors (Lipinski definition) is 14. The molecule has 4 atom stereocenters. The van der Waals surface area contributed by atoms with Gasteiger partial charge in [-0.25, -0.2) is 9.97 Å². The average Bonchev–Trinajstić information content (AvgIpc) is 3.33. The van der Waals surface area contributed by atoms with Crippen LogP contribution < -0.4 is 31.0 Å². The van der Waals surface area contributed by atoms with Gasteiger partial charge in [-0.05, 0) is 106 Å². The summed E-state index contributed by atoms with van der Waals surface area (Å²) >= 11 is 0. The predicted octanol–water partition coefficient (Wildman–Crippen LogP) is 5.70. The molecule has 16 heteroatoms. The number of fused-ring (bicyclic) bond motifs is 5. The number of carbonyl (C=O) groups excluding carboxylic acids is 5.